The van der Waals surface area contributed by atoms with Crippen LogP contribution in [0.2, 0.25) is 0 Å². The lowest BCUT2D eigenvalue weighted by atomic mass is 9.98. The second-order valence-electron chi connectivity index (χ2n) is 8.80. The standard InChI is InChI=1S/C19H33O11P/c1-18(2,3)16(23)27-11-29-31(25,30-12-28-17(24)19(4,5)6)10-13(15(22)26-7)8-9-14(20)21/h13H,8-12H2,1-7H3,(H,20,21). The van der Waals surface area contributed by atoms with E-state index in [0.717, 1.165) is 7.11 Å². The van der Waals surface area contributed by atoms with E-state index in [1.807, 2.05) is 0 Å². The van der Waals surface area contributed by atoms with Crippen LogP contribution in [0.5, 0.6) is 0 Å². The number of ether oxygens (including phenoxy) is 3. The molecule has 0 saturated carbocycles. The molecule has 12 heteroatoms. The zero-order valence-corrected chi connectivity index (χ0v) is 20.0. The summed E-state index contributed by atoms with van der Waals surface area (Å²) in [6.45, 7) is 8.16. The van der Waals surface area contributed by atoms with E-state index in [2.05, 4.69) is 4.74 Å². The molecule has 0 aromatic heterocycles. The lowest BCUT2D eigenvalue weighted by Gasteiger charge is -2.24. The Morgan fingerprint density at radius 3 is 1.61 bits per heavy atom. The summed E-state index contributed by atoms with van der Waals surface area (Å²) in [5.41, 5.74) is -1.68. The first-order valence-electron chi connectivity index (χ1n) is 9.54. The molecule has 0 heterocycles. The Labute approximate surface area is 182 Å². The monoisotopic (exact) mass is 468 g/mol. The summed E-state index contributed by atoms with van der Waals surface area (Å²) in [6.07, 6.45) is -1.15. The van der Waals surface area contributed by atoms with Crippen molar-refractivity contribution in [2.24, 2.45) is 16.7 Å². The normalized spacial score (nSPS) is 13.3. The van der Waals surface area contributed by atoms with Gasteiger partial charge in [0, 0.05) is 6.42 Å². The molecule has 0 bridgehead atoms. The van der Waals surface area contributed by atoms with Crippen LogP contribution in [-0.2, 0) is 47.0 Å². The van der Waals surface area contributed by atoms with Crippen LogP contribution in [-0.4, -0.2) is 55.8 Å². The third-order valence-corrected chi connectivity index (χ3v) is 5.67. The van der Waals surface area contributed by atoms with E-state index >= 15 is 0 Å². The predicted octanol–water partition coefficient (Wildman–Crippen LogP) is 2.96. The molecule has 180 valence electrons. The molecule has 0 radical (unpaired) electrons. The fraction of sp³-hybridized carbons (Fsp3) is 0.789. The van der Waals surface area contributed by atoms with E-state index in [-0.39, 0.29) is 6.42 Å². The number of carboxylic acids is 1. The lowest BCUT2D eigenvalue weighted by Crippen LogP contribution is -2.26. The highest BCUT2D eigenvalue weighted by Gasteiger charge is 2.36. The maximum atomic E-state index is 13.2. The molecule has 0 rings (SSSR count). The molecule has 0 aromatic carbocycles. The van der Waals surface area contributed by atoms with Crippen molar-refractivity contribution in [2.45, 2.75) is 54.4 Å². The molecule has 1 atom stereocenters. The number of aliphatic carboxylic acids is 1. The van der Waals surface area contributed by atoms with Crippen molar-refractivity contribution in [3.8, 4) is 0 Å². The third kappa shape index (κ3) is 11.9. The summed E-state index contributed by atoms with van der Waals surface area (Å²) in [7, 11) is -3.07. The molecular formula is C19H33O11P. The lowest BCUT2D eigenvalue weighted by molar-refractivity contribution is -0.162. The van der Waals surface area contributed by atoms with Crippen LogP contribution in [0.3, 0.4) is 0 Å². The third-order valence-electron chi connectivity index (χ3n) is 3.79. The van der Waals surface area contributed by atoms with Crippen LogP contribution in [0.25, 0.3) is 0 Å². The van der Waals surface area contributed by atoms with Gasteiger partial charge < -0.3 is 19.3 Å². The van der Waals surface area contributed by atoms with Gasteiger partial charge in [0.05, 0.1) is 30.0 Å². The number of esters is 3. The Balaban J connectivity index is 5.34. The van der Waals surface area contributed by atoms with Gasteiger partial charge in [0.15, 0.2) is 0 Å². The van der Waals surface area contributed by atoms with Gasteiger partial charge in [-0.15, -0.1) is 0 Å². The average molecular weight is 468 g/mol. The van der Waals surface area contributed by atoms with E-state index in [1.54, 1.807) is 41.5 Å². The molecule has 11 nitrogen and oxygen atoms in total. The average Bonchev–Trinajstić information content (AvgIpc) is 2.62. The molecule has 0 amide bonds. The van der Waals surface area contributed by atoms with Crippen LogP contribution in [0.1, 0.15) is 54.4 Å². The number of rotatable bonds is 12. The van der Waals surface area contributed by atoms with Crippen LogP contribution >= 0.6 is 7.60 Å². The largest absolute Gasteiger partial charge is 0.481 e. The molecule has 0 fully saturated rings. The van der Waals surface area contributed by atoms with Gasteiger partial charge in [-0.3, -0.25) is 32.8 Å². The van der Waals surface area contributed by atoms with Gasteiger partial charge in [0.1, 0.15) is 0 Å². The van der Waals surface area contributed by atoms with Crippen molar-refractivity contribution in [1.29, 1.82) is 0 Å². The van der Waals surface area contributed by atoms with Crippen molar-refractivity contribution in [3.63, 3.8) is 0 Å². The van der Waals surface area contributed by atoms with Gasteiger partial charge in [-0.05, 0) is 48.0 Å². The molecule has 1 unspecified atom stereocenters. The first-order chi connectivity index (χ1) is 14.0. The van der Waals surface area contributed by atoms with Crippen molar-refractivity contribution in [3.05, 3.63) is 0 Å². The van der Waals surface area contributed by atoms with Crippen LogP contribution in [0, 0.1) is 16.7 Å². The van der Waals surface area contributed by atoms with E-state index in [9.17, 15) is 23.7 Å². The van der Waals surface area contributed by atoms with Crippen LogP contribution < -0.4 is 0 Å². The molecular weight excluding hydrogens is 435 g/mol. The highest BCUT2D eigenvalue weighted by atomic mass is 31.2. The minimum absolute atomic E-state index is 0.192. The number of carbonyl (C=O) groups is 4. The predicted molar refractivity (Wildman–Crippen MR) is 108 cm³/mol. The Kier molecular flexibility index (Phi) is 11.4. The SMILES string of the molecule is COC(=O)C(CCC(=O)O)CP(=O)(OCOC(=O)C(C)(C)C)OCOC(=O)C(C)(C)C. The minimum atomic E-state index is -4.17. The van der Waals surface area contributed by atoms with Gasteiger partial charge in [-0.1, -0.05) is 0 Å². The molecule has 0 spiro atoms. The van der Waals surface area contributed by atoms with Crippen LogP contribution in [0.15, 0.2) is 0 Å². The van der Waals surface area contributed by atoms with Gasteiger partial charge in [-0.2, -0.15) is 0 Å². The Hall–Kier alpha value is -1.97. The topological polar surface area (TPSA) is 152 Å². The van der Waals surface area contributed by atoms with E-state index in [4.69, 9.17) is 23.6 Å². The summed E-state index contributed by atoms with van der Waals surface area (Å²) in [6, 6.07) is 0. The summed E-state index contributed by atoms with van der Waals surface area (Å²) in [4.78, 5) is 46.6. The number of carbonyl (C=O) groups excluding carboxylic acids is 3. The zero-order valence-electron chi connectivity index (χ0n) is 19.1. The number of carboxylic acid groups (broad SMARTS) is 1. The second kappa shape index (κ2) is 12.2. The number of hydrogen-bond acceptors (Lipinski definition) is 10. The quantitative estimate of drug-likeness (QED) is 0.195. The number of methoxy groups -OCH3 is 1. The fourth-order valence-electron chi connectivity index (χ4n) is 1.91. The van der Waals surface area contributed by atoms with E-state index in [1.165, 1.54) is 0 Å². The van der Waals surface area contributed by atoms with Crippen molar-refractivity contribution in [1.82, 2.24) is 0 Å². The molecule has 0 saturated heterocycles. The Bertz CT molecular complexity index is 652. The van der Waals surface area contributed by atoms with Crippen molar-refractivity contribution in [2.75, 3.05) is 26.9 Å². The Morgan fingerprint density at radius 2 is 1.29 bits per heavy atom. The summed E-state index contributed by atoms with van der Waals surface area (Å²) < 4.78 is 37.9. The second-order valence-corrected chi connectivity index (χ2v) is 10.9. The Morgan fingerprint density at radius 1 is 0.871 bits per heavy atom. The van der Waals surface area contributed by atoms with Crippen molar-refractivity contribution < 1.29 is 52.1 Å². The minimum Gasteiger partial charge on any atom is -0.481 e. The summed E-state index contributed by atoms with van der Waals surface area (Å²) in [5.74, 6) is -4.37. The first-order valence-corrected chi connectivity index (χ1v) is 11.3. The summed E-state index contributed by atoms with van der Waals surface area (Å²) >= 11 is 0. The molecule has 31 heavy (non-hydrogen) atoms. The maximum absolute atomic E-state index is 13.2. The smallest absolute Gasteiger partial charge is 0.337 e. The highest BCUT2D eigenvalue weighted by Crippen LogP contribution is 2.50. The van der Waals surface area contributed by atoms with Gasteiger partial charge >= 0.3 is 31.5 Å². The zero-order chi connectivity index (χ0) is 24.5. The van der Waals surface area contributed by atoms with Crippen LogP contribution in [0.4, 0.5) is 0 Å². The molecule has 0 aliphatic carbocycles. The van der Waals surface area contributed by atoms with Gasteiger partial charge in [-0.25, -0.2) is 0 Å². The highest BCUT2D eigenvalue weighted by molar-refractivity contribution is 7.53. The molecule has 0 aromatic rings. The van der Waals surface area contributed by atoms with Gasteiger partial charge in [0.2, 0.25) is 13.6 Å². The molecule has 0 aliphatic heterocycles. The summed E-state index contributed by atoms with van der Waals surface area (Å²) in [5, 5.41) is 8.87. The molecule has 0 aliphatic rings. The maximum Gasteiger partial charge on any atom is 0.337 e. The van der Waals surface area contributed by atoms with Crippen molar-refractivity contribution >= 4 is 31.5 Å². The van der Waals surface area contributed by atoms with E-state index < -0.39 is 74.4 Å². The fourth-order valence-corrected chi connectivity index (χ4v) is 3.50. The first kappa shape index (κ1) is 29.0. The van der Waals surface area contributed by atoms with Gasteiger partial charge in [0.25, 0.3) is 0 Å². The van der Waals surface area contributed by atoms with E-state index in [0.29, 0.717) is 0 Å². The molecule has 1 N–H and O–H groups in total. The number of hydrogen-bond donors (Lipinski definition) is 1.